The Hall–Kier alpha value is -2.20. The van der Waals surface area contributed by atoms with Crippen molar-refractivity contribution in [2.75, 3.05) is 20.8 Å². The van der Waals surface area contributed by atoms with Crippen molar-refractivity contribution in [1.82, 2.24) is 4.90 Å². The first-order chi connectivity index (χ1) is 11.2. The second-order valence-corrected chi connectivity index (χ2v) is 5.91. The zero-order chi connectivity index (χ0) is 16.2. The van der Waals surface area contributed by atoms with E-state index in [1.54, 1.807) is 20.3 Å². The average Bonchev–Trinajstić information content (AvgIpc) is 3.04. The molecule has 23 heavy (non-hydrogen) atoms. The van der Waals surface area contributed by atoms with Crippen LogP contribution in [-0.4, -0.2) is 30.8 Å². The maximum atomic E-state index is 9.72. The Balaban J connectivity index is 1.76. The molecule has 122 valence electrons. The van der Waals surface area contributed by atoms with Gasteiger partial charge in [-0.2, -0.15) is 0 Å². The minimum absolute atomic E-state index is 0.185. The van der Waals surface area contributed by atoms with Crippen molar-refractivity contribution in [3.05, 3.63) is 53.6 Å². The molecule has 0 spiro atoms. The SMILES string of the molecule is COc1ccc(C2CCCN2Cc2ccc(O)c(OC)c2)cc1. The van der Waals surface area contributed by atoms with Gasteiger partial charge in [-0.3, -0.25) is 4.90 Å². The van der Waals surface area contributed by atoms with Crippen molar-refractivity contribution in [3.8, 4) is 17.2 Å². The van der Waals surface area contributed by atoms with Crippen molar-refractivity contribution >= 4 is 0 Å². The van der Waals surface area contributed by atoms with Gasteiger partial charge in [0.05, 0.1) is 14.2 Å². The van der Waals surface area contributed by atoms with Crippen molar-refractivity contribution in [3.63, 3.8) is 0 Å². The Morgan fingerprint density at radius 2 is 1.87 bits per heavy atom. The number of hydrogen-bond donors (Lipinski definition) is 1. The third kappa shape index (κ3) is 3.42. The molecule has 3 rings (SSSR count). The van der Waals surface area contributed by atoms with Gasteiger partial charge in [0.25, 0.3) is 0 Å². The summed E-state index contributed by atoms with van der Waals surface area (Å²) >= 11 is 0. The Kier molecular flexibility index (Phi) is 4.72. The summed E-state index contributed by atoms with van der Waals surface area (Å²) in [6.45, 7) is 1.94. The van der Waals surface area contributed by atoms with Crippen molar-refractivity contribution in [2.24, 2.45) is 0 Å². The first-order valence-electron chi connectivity index (χ1n) is 7.95. The molecule has 0 saturated carbocycles. The van der Waals surface area contributed by atoms with Crippen LogP contribution in [0.15, 0.2) is 42.5 Å². The lowest BCUT2D eigenvalue weighted by Gasteiger charge is -2.25. The molecule has 4 heteroatoms. The lowest BCUT2D eigenvalue weighted by Crippen LogP contribution is -2.22. The number of phenols is 1. The van der Waals surface area contributed by atoms with Crippen LogP contribution < -0.4 is 9.47 Å². The van der Waals surface area contributed by atoms with E-state index in [1.165, 1.54) is 18.4 Å². The minimum Gasteiger partial charge on any atom is -0.504 e. The summed E-state index contributed by atoms with van der Waals surface area (Å²) in [7, 11) is 3.27. The Morgan fingerprint density at radius 3 is 2.57 bits per heavy atom. The van der Waals surface area contributed by atoms with E-state index >= 15 is 0 Å². The number of phenolic OH excluding ortho intramolecular Hbond substituents is 1. The van der Waals surface area contributed by atoms with E-state index in [2.05, 4.69) is 17.0 Å². The number of benzene rings is 2. The molecule has 0 amide bonds. The molecule has 1 atom stereocenters. The smallest absolute Gasteiger partial charge is 0.160 e. The monoisotopic (exact) mass is 313 g/mol. The zero-order valence-corrected chi connectivity index (χ0v) is 13.7. The number of nitrogens with zero attached hydrogens (tertiary/aromatic N) is 1. The van der Waals surface area contributed by atoms with E-state index in [9.17, 15) is 5.11 Å². The van der Waals surface area contributed by atoms with Gasteiger partial charge in [0.1, 0.15) is 5.75 Å². The number of aromatic hydroxyl groups is 1. The number of hydrogen-bond acceptors (Lipinski definition) is 4. The fourth-order valence-electron chi connectivity index (χ4n) is 3.27. The van der Waals surface area contributed by atoms with Gasteiger partial charge in [0.15, 0.2) is 11.5 Å². The summed E-state index contributed by atoms with van der Waals surface area (Å²) in [5.41, 5.74) is 2.48. The minimum atomic E-state index is 0.185. The summed E-state index contributed by atoms with van der Waals surface area (Å²) in [6.07, 6.45) is 2.37. The molecule has 1 saturated heterocycles. The van der Waals surface area contributed by atoms with Crippen LogP contribution in [0.4, 0.5) is 0 Å². The second kappa shape index (κ2) is 6.92. The molecule has 1 heterocycles. The van der Waals surface area contributed by atoms with Crippen molar-refractivity contribution in [2.45, 2.75) is 25.4 Å². The Labute approximate surface area is 137 Å². The van der Waals surface area contributed by atoms with Gasteiger partial charge in [0, 0.05) is 12.6 Å². The van der Waals surface area contributed by atoms with E-state index in [0.29, 0.717) is 11.8 Å². The van der Waals surface area contributed by atoms with E-state index in [1.807, 2.05) is 24.3 Å². The standard InChI is InChI=1S/C19H23NO3/c1-22-16-8-6-15(7-9-16)17-4-3-11-20(17)13-14-5-10-18(21)19(12-14)23-2/h5-10,12,17,21H,3-4,11,13H2,1-2H3. The molecular formula is C19H23NO3. The first-order valence-corrected chi connectivity index (χ1v) is 7.95. The van der Waals surface area contributed by atoms with Gasteiger partial charge in [-0.05, 0) is 54.8 Å². The Morgan fingerprint density at radius 1 is 1.09 bits per heavy atom. The normalized spacial score (nSPS) is 18.1. The highest BCUT2D eigenvalue weighted by Crippen LogP contribution is 2.35. The molecule has 0 aliphatic carbocycles. The van der Waals surface area contributed by atoms with E-state index < -0.39 is 0 Å². The highest BCUT2D eigenvalue weighted by atomic mass is 16.5. The second-order valence-electron chi connectivity index (χ2n) is 5.91. The van der Waals surface area contributed by atoms with Crippen LogP contribution >= 0.6 is 0 Å². The van der Waals surface area contributed by atoms with Gasteiger partial charge in [-0.25, -0.2) is 0 Å². The van der Waals surface area contributed by atoms with E-state index in [0.717, 1.165) is 24.4 Å². The van der Waals surface area contributed by atoms with E-state index in [4.69, 9.17) is 9.47 Å². The lowest BCUT2D eigenvalue weighted by molar-refractivity contribution is 0.248. The molecule has 1 aliphatic heterocycles. The molecule has 0 aromatic heterocycles. The fraction of sp³-hybridized carbons (Fsp3) is 0.368. The third-order valence-electron chi connectivity index (χ3n) is 4.49. The molecule has 1 unspecified atom stereocenters. The predicted octanol–water partition coefficient (Wildman–Crippen LogP) is 3.75. The number of methoxy groups -OCH3 is 2. The van der Waals surface area contributed by atoms with Crippen LogP contribution in [0.25, 0.3) is 0 Å². The maximum Gasteiger partial charge on any atom is 0.160 e. The topological polar surface area (TPSA) is 41.9 Å². The Bertz CT molecular complexity index is 654. The number of likely N-dealkylation sites (tertiary alicyclic amines) is 1. The average molecular weight is 313 g/mol. The highest BCUT2D eigenvalue weighted by Gasteiger charge is 2.26. The van der Waals surface area contributed by atoms with Crippen molar-refractivity contribution < 1.29 is 14.6 Å². The molecule has 0 radical (unpaired) electrons. The van der Waals surface area contributed by atoms with E-state index in [-0.39, 0.29) is 5.75 Å². The molecule has 1 aliphatic rings. The molecular weight excluding hydrogens is 290 g/mol. The predicted molar refractivity (Wildman–Crippen MR) is 90.0 cm³/mol. The van der Waals surface area contributed by atoms with Crippen LogP contribution in [0, 0.1) is 0 Å². The van der Waals surface area contributed by atoms with Gasteiger partial charge in [-0.15, -0.1) is 0 Å². The van der Waals surface area contributed by atoms with Gasteiger partial charge in [-0.1, -0.05) is 18.2 Å². The molecule has 1 N–H and O–H groups in total. The highest BCUT2D eigenvalue weighted by molar-refractivity contribution is 5.41. The largest absolute Gasteiger partial charge is 0.504 e. The maximum absolute atomic E-state index is 9.72. The number of rotatable bonds is 5. The quantitative estimate of drug-likeness (QED) is 0.913. The molecule has 2 aromatic rings. The summed E-state index contributed by atoms with van der Waals surface area (Å²) < 4.78 is 10.4. The first kappa shape index (κ1) is 15.7. The molecule has 0 bridgehead atoms. The molecule has 1 fully saturated rings. The van der Waals surface area contributed by atoms with Gasteiger partial charge >= 0.3 is 0 Å². The fourth-order valence-corrected chi connectivity index (χ4v) is 3.27. The summed E-state index contributed by atoms with van der Waals surface area (Å²) in [6, 6.07) is 14.4. The number of ether oxygens (including phenoxy) is 2. The van der Waals surface area contributed by atoms with Crippen molar-refractivity contribution in [1.29, 1.82) is 0 Å². The summed E-state index contributed by atoms with van der Waals surface area (Å²) in [5.74, 6) is 1.61. The van der Waals surface area contributed by atoms with Gasteiger partial charge in [0.2, 0.25) is 0 Å². The van der Waals surface area contributed by atoms with Crippen LogP contribution in [-0.2, 0) is 6.54 Å². The van der Waals surface area contributed by atoms with Crippen LogP contribution in [0.2, 0.25) is 0 Å². The van der Waals surface area contributed by atoms with Crippen LogP contribution in [0.1, 0.15) is 30.0 Å². The molecule has 4 nitrogen and oxygen atoms in total. The molecule has 2 aromatic carbocycles. The van der Waals surface area contributed by atoms with Crippen LogP contribution in [0.3, 0.4) is 0 Å². The zero-order valence-electron chi connectivity index (χ0n) is 13.7. The van der Waals surface area contributed by atoms with Crippen LogP contribution in [0.5, 0.6) is 17.2 Å². The third-order valence-corrected chi connectivity index (χ3v) is 4.49. The lowest BCUT2D eigenvalue weighted by atomic mass is 10.0. The summed E-state index contributed by atoms with van der Waals surface area (Å²) in [4.78, 5) is 2.48. The summed E-state index contributed by atoms with van der Waals surface area (Å²) in [5, 5.41) is 9.72. The van der Waals surface area contributed by atoms with Gasteiger partial charge < -0.3 is 14.6 Å².